The molecule has 2 aromatic heterocycles. The van der Waals surface area contributed by atoms with Crippen molar-refractivity contribution >= 4 is 17.4 Å². The summed E-state index contributed by atoms with van der Waals surface area (Å²) in [6.07, 6.45) is 6.51. The molecule has 1 unspecified atom stereocenters. The van der Waals surface area contributed by atoms with Crippen molar-refractivity contribution in [1.82, 2.24) is 14.9 Å². The lowest BCUT2D eigenvalue weighted by Crippen LogP contribution is -2.29. The van der Waals surface area contributed by atoms with Crippen LogP contribution in [0.4, 0.5) is 0 Å². The molecule has 0 aliphatic carbocycles. The Bertz CT molecular complexity index is 1450. The summed E-state index contributed by atoms with van der Waals surface area (Å²) in [5, 5.41) is 11.3. The van der Waals surface area contributed by atoms with E-state index in [-0.39, 0.29) is 17.9 Å². The molecule has 0 bridgehead atoms. The third kappa shape index (κ3) is 4.97. The molecule has 37 heavy (non-hydrogen) atoms. The number of aliphatic hydroxyl groups is 1. The molecule has 0 spiro atoms. The fourth-order valence-electron chi connectivity index (χ4n) is 4.41. The number of rotatable bonds is 7. The van der Waals surface area contributed by atoms with Gasteiger partial charge in [-0.3, -0.25) is 19.6 Å². The minimum atomic E-state index is -0.786. The van der Waals surface area contributed by atoms with Crippen LogP contribution in [0.5, 0.6) is 5.75 Å². The van der Waals surface area contributed by atoms with Crippen molar-refractivity contribution in [3.63, 3.8) is 0 Å². The molecule has 3 heterocycles. The van der Waals surface area contributed by atoms with Gasteiger partial charge in [0, 0.05) is 36.9 Å². The van der Waals surface area contributed by atoms with Crippen LogP contribution in [-0.2, 0) is 22.7 Å². The summed E-state index contributed by atoms with van der Waals surface area (Å²) in [6.45, 7) is 2.61. The predicted molar refractivity (Wildman–Crippen MR) is 138 cm³/mol. The van der Waals surface area contributed by atoms with Gasteiger partial charge in [0.1, 0.15) is 18.1 Å². The van der Waals surface area contributed by atoms with Gasteiger partial charge in [-0.1, -0.05) is 36.4 Å². The van der Waals surface area contributed by atoms with Crippen molar-refractivity contribution in [2.75, 3.05) is 0 Å². The molecule has 1 aliphatic heterocycles. The van der Waals surface area contributed by atoms with Crippen LogP contribution in [0.2, 0.25) is 0 Å². The van der Waals surface area contributed by atoms with Gasteiger partial charge in [0.2, 0.25) is 0 Å². The first-order valence-electron chi connectivity index (χ1n) is 11.9. The Morgan fingerprint density at radius 1 is 0.919 bits per heavy atom. The minimum Gasteiger partial charge on any atom is -0.507 e. The number of hydrogen-bond acceptors (Lipinski definition) is 6. The number of hydrogen-bond donors (Lipinski definition) is 1. The van der Waals surface area contributed by atoms with Crippen molar-refractivity contribution in [3.8, 4) is 5.75 Å². The van der Waals surface area contributed by atoms with E-state index in [1.165, 1.54) is 4.90 Å². The van der Waals surface area contributed by atoms with E-state index in [1.807, 2.05) is 37.3 Å². The lowest BCUT2D eigenvalue weighted by atomic mass is 9.96. The van der Waals surface area contributed by atoms with Gasteiger partial charge in [-0.05, 0) is 65.6 Å². The molecule has 5 rings (SSSR count). The highest BCUT2D eigenvalue weighted by Crippen LogP contribution is 2.40. The van der Waals surface area contributed by atoms with Crippen molar-refractivity contribution in [1.29, 1.82) is 0 Å². The zero-order valence-electron chi connectivity index (χ0n) is 20.2. The number of ether oxygens (including phenoxy) is 1. The molecule has 2 aromatic carbocycles. The molecule has 0 radical (unpaired) electrons. The van der Waals surface area contributed by atoms with E-state index >= 15 is 0 Å². The Labute approximate surface area is 214 Å². The highest BCUT2D eigenvalue weighted by molar-refractivity contribution is 6.46. The van der Waals surface area contributed by atoms with Gasteiger partial charge in [0.05, 0.1) is 11.6 Å². The fourth-order valence-corrected chi connectivity index (χ4v) is 4.41. The number of benzene rings is 2. The molecule has 0 saturated carbocycles. The Morgan fingerprint density at radius 3 is 2.32 bits per heavy atom. The van der Waals surface area contributed by atoms with Gasteiger partial charge in [-0.25, -0.2) is 0 Å². The number of carbonyl (C=O) groups is 2. The molecule has 1 N–H and O–H groups in total. The fraction of sp³-hybridized carbons (Fsp3) is 0.133. The highest BCUT2D eigenvalue weighted by atomic mass is 16.5. The van der Waals surface area contributed by atoms with Gasteiger partial charge < -0.3 is 14.7 Å². The number of carbonyl (C=O) groups excluding carboxylic acids is 2. The number of aryl methyl sites for hydroxylation is 1. The van der Waals surface area contributed by atoms with Crippen LogP contribution in [0, 0.1) is 6.92 Å². The average Bonchev–Trinajstić information content (AvgIpc) is 3.18. The van der Waals surface area contributed by atoms with Crippen LogP contribution >= 0.6 is 0 Å². The van der Waals surface area contributed by atoms with E-state index in [0.717, 1.165) is 16.7 Å². The average molecular weight is 492 g/mol. The van der Waals surface area contributed by atoms with Gasteiger partial charge in [-0.2, -0.15) is 0 Å². The van der Waals surface area contributed by atoms with Crippen molar-refractivity contribution in [2.24, 2.45) is 0 Å². The van der Waals surface area contributed by atoms with E-state index in [0.29, 0.717) is 23.5 Å². The Balaban J connectivity index is 1.46. The second-order valence-electron chi connectivity index (χ2n) is 8.81. The standard InChI is InChI=1S/C30H25N3O4/c1-20-6-2-3-8-24(20)19-37-25-12-10-22(11-13-25)28(34)26-27(23-9-5-15-32-17-23)33(30(36)29(26)35)18-21-7-4-14-31-16-21/h2-17,27,34H,18-19H2,1H3/b28-26+. The summed E-state index contributed by atoms with van der Waals surface area (Å²) in [5.41, 5.74) is 4.06. The molecule has 1 atom stereocenters. The molecule has 4 aromatic rings. The monoisotopic (exact) mass is 491 g/mol. The number of pyridine rings is 2. The third-order valence-electron chi connectivity index (χ3n) is 6.40. The van der Waals surface area contributed by atoms with Crippen molar-refractivity contribution in [3.05, 3.63) is 131 Å². The van der Waals surface area contributed by atoms with Crippen LogP contribution in [0.1, 0.15) is 33.9 Å². The number of ketones is 1. The van der Waals surface area contributed by atoms with Crippen LogP contribution < -0.4 is 4.74 Å². The molecular formula is C30H25N3O4. The molecule has 7 nitrogen and oxygen atoms in total. The molecule has 1 aliphatic rings. The molecule has 1 saturated heterocycles. The summed E-state index contributed by atoms with van der Waals surface area (Å²) in [6, 6.07) is 21.2. The highest BCUT2D eigenvalue weighted by Gasteiger charge is 2.46. The summed E-state index contributed by atoms with van der Waals surface area (Å²) in [7, 11) is 0. The van der Waals surface area contributed by atoms with Gasteiger partial charge in [0.25, 0.3) is 11.7 Å². The summed E-state index contributed by atoms with van der Waals surface area (Å²) in [5.74, 6) is -1.04. The van der Waals surface area contributed by atoms with E-state index in [1.54, 1.807) is 67.3 Å². The topological polar surface area (TPSA) is 92.6 Å². The van der Waals surface area contributed by atoms with Gasteiger partial charge in [0.15, 0.2) is 0 Å². The number of aliphatic hydroxyl groups excluding tert-OH is 1. The zero-order valence-corrected chi connectivity index (χ0v) is 20.2. The second-order valence-corrected chi connectivity index (χ2v) is 8.81. The van der Waals surface area contributed by atoms with Gasteiger partial charge >= 0.3 is 0 Å². The number of likely N-dealkylation sites (tertiary alicyclic amines) is 1. The van der Waals surface area contributed by atoms with Gasteiger partial charge in [-0.15, -0.1) is 0 Å². The van der Waals surface area contributed by atoms with E-state index in [4.69, 9.17) is 4.74 Å². The zero-order chi connectivity index (χ0) is 25.8. The Morgan fingerprint density at radius 2 is 1.65 bits per heavy atom. The van der Waals surface area contributed by atoms with Crippen molar-refractivity contribution in [2.45, 2.75) is 26.1 Å². The third-order valence-corrected chi connectivity index (χ3v) is 6.40. The maximum absolute atomic E-state index is 13.2. The first-order valence-corrected chi connectivity index (χ1v) is 11.9. The first kappa shape index (κ1) is 23.9. The van der Waals surface area contributed by atoms with Crippen LogP contribution in [0.3, 0.4) is 0 Å². The summed E-state index contributed by atoms with van der Waals surface area (Å²) in [4.78, 5) is 36.0. The Kier molecular flexibility index (Phi) is 6.76. The number of amides is 1. The number of aromatic nitrogens is 2. The minimum absolute atomic E-state index is 0.0236. The number of nitrogens with zero attached hydrogens (tertiary/aromatic N) is 3. The van der Waals surface area contributed by atoms with E-state index < -0.39 is 17.7 Å². The maximum Gasteiger partial charge on any atom is 0.295 e. The van der Waals surface area contributed by atoms with E-state index in [9.17, 15) is 14.7 Å². The molecular weight excluding hydrogens is 466 g/mol. The first-order chi connectivity index (χ1) is 18.0. The molecule has 184 valence electrons. The summed E-state index contributed by atoms with van der Waals surface area (Å²) >= 11 is 0. The lowest BCUT2D eigenvalue weighted by molar-refractivity contribution is -0.140. The SMILES string of the molecule is Cc1ccccc1COc1ccc(/C(O)=C2\C(=O)C(=O)N(Cc3cccnc3)C2c2cccnc2)cc1. The smallest absolute Gasteiger partial charge is 0.295 e. The normalized spacial score (nSPS) is 16.7. The van der Waals surface area contributed by atoms with Crippen LogP contribution in [-0.4, -0.2) is 31.7 Å². The molecule has 7 heteroatoms. The van der Waals surface area contributed by atoms with Crippen molar-refractivity contribution < 1.29 is 19.4 Å². The molecule has 1 fully saturated rings. The largest absolute Gasteiger partial charge is 0.507 e. The second kappa shape index (κ2) is 10.5. The van der Waals surface area contributed by atoms with Crippen LogP contribution in [0.25, 0.3) is 5.76 Å². The predicted octanol–water partition coefficient (Wildman–Crippen LogP) is 4.99. The van der Waals surface area contributed by atoms with E-state index in [2.05, 4.69) is 9.97 Å². The van der Waals surface area contributed by atoms with Crippen LogP contribution in [0.15, 0.2) is 103 Å². The maximum atomic E-state index is 13.2. The Hall–Kier alpha value is -4.78. The lowest BCUT2D eigenvalue weighted by Gasteiger charge is -2.25. The summed E-state index contributed by atoms with van der Waals surface area (Å²) < 4.78 is 5.90. The number of Topliss-reactive ketones (excluding diaryl/α,β-unsaturated/α-hetero) is 1. The molecule has 1 amide bonds. The quantitative estimate of drug-likeness (QED) is 0.223.